The second-order valence-corrected chi connectivity index (χ2v) is 12.8. The fraction of sp³-hybridized carbons (Fsp3) is 0.394. The molecule has 3 aromatic rings. The van der Waals surface area contributed by atoms with Gasteiger partial charge in [0.25, 0.3) is 0 Å². The van der Waals surface area contributed by atoms with Crippen LogP contribution in [0.5, 0.6) is 0 Å². The topological polar surface area (TPSA) is 86.8 Å². The number of hydrogen-bond acceptors (Lipinski definition) is 4. The van der Waals surface area contributed by atoms with Crippen LogP contribution in [0.15, 0.2) is 78.9 Å². The van der Waals surface area contributed by atoms with Crippen LogP contribution in [-0.2, 0) is 32.6 Å². The van der Waals surface area contributed by atoms with E-state index >= 15 is 0 Å². The van der Waals surface area contributed by atoms with Crippen LogP contribution in [0.25, 0.3) is 0 Å². The number of benzene rings is 3. The standard InChI is InChI=1S/C33H43N3O4S/c1-6-7-21-34-33(38)31(22-27-11-9-8-10-12-27)35(23-28-15-13-26(4)14-16-28)32(37)24-36(41(5,39)40)30-19-17-29(18-20-30)25(2)3/h8-20,25,31H,6-7,21-24H2,1-5H3,(H,34,38)/t31-/m1/s1. The molecule has 2 amide bonds. The minimum absolute atomic E-state index is 0.168. The number of nitrogens with one attached hydrogen (secondary N) is 1. The zero-order valence-corrected chi connectivity index (χ0v) is 25.7. The van der Waals surface area contributed by atoms with Gasteiger partial charge in [-0.05, 0) is 48.1 Å². The summed E-state index contributed by atoms with van der Waals surface area (Å²) in [5.74, 6) is -0.419. The third-order valence-corrected chi connectivity index (χ3v) is 8.24. The summed E-state index contributed by atoms with van der Waals surface area (Å²) in [5, 5.41) is 3.00. The molecule has 220 valence electrons. The summed E-state index contributed by atoms with van der Waals surface area (Å²) < 4.78 is 27.0. The molecular formula is C33H43N3O4S. The lowest BCUT2D eigenvalue weighted by Gasteiger charge is -2.33. The van der Waals surface area contributed by atoms with Gasteiger partial charge in [0.1, 0.15) is 12.6 Å². The van der Waals surface area contributed by atoms with Gasteiger partial charge in [0.2, 0.25) is 21.8 Å². The third kappa shape index (κ3) is 9.46. The monoisotopic (exact) mass is 577 g/mol. The van der Waals surface area contributed by atoms with E-state index in [4.69, 9.17) is 0 Å². The predicted octanol–water partition coefficient (Wildman–Crippen LogP) is 5.44. The molecule has 1 atom stereocenters. The maximum atomic E-state index is 14.1. The van der Waals surface area contributed by atoms with Crippen LogP contribution in [0.2, 0.25) is 0 Å². The molecule has 0 spiro atoms. The Bertz CT molecular complexity index is 1370. The van der Waals surface area contributed by atoms with Crippen LogP contribution < -0.4 is 9.62 Å². The zero-order chi connectivity index (χ0) is 30.0. The van der Waals surface area contributed by atoms with Gasteiger partial charge in [-0.1, -0.05) is 99.5 Å². The van der Waals surface area contributed by atoms with E-state index in [1.807, 2.05) is 80.6 Å². The number of rotatable bonds is 14. The molecule has 1 N–H and O–H groups in total. The van der Waals surface area contributed by atoms with E-state index in [2.05, 4.69) is 19.2 Å². The van der Waals surface area contributed by atoms with Crippen molar-refractivity contribution in [2.45, 2.75) is 65.5 Å². The van der Waals surface area contributed by atoms with Gasteiger partial charge in [-0.2, -0.15) is 0 Å². The van der Waals surface area contributed by atoms with Crippen molar-refractivity contribution >= 4 is 27.5 Å². The number of sulfonamides is 1. The Balaban J connectivity index is 2.02. The second kappa shape index (κ2) is 14.8. The van der Waals surface area contributed by atoms with E-state index in [0.717, 1.165) is 45.7 Å². The molecule has 8 heteroatoms. The Morgan fingerprint density at radius 1 is 0.878 bits per heavy atom. The first-order valence-electron chi connectivity index (χ1n) is 14.2. The highest BCUT2D eigenvalue weighted by Crippen LogP contribution is 2.23. The first-order chi connectivity index (χ1) is 19.5. The lowest BCUT2D eigenvalue weighted by molar-refractivity contribution is -0.140. The lowest BCUT2D eigenvalue weighted by atomic mass is 10.0. The average molecular weight is 578 g/mol. The van der Waals surface area contributed by atoms with Crippen molar-refractivity contribution in [2.75, 3.05) is 23.7 Å². The van der Waals surface area contributed by atoms with E-state index in [-0.39, 0.29) is 18.4 Å². The fourth-order valence-corrected chi connectivity index (χ4v) is 5.44. The summed E-state index contributed by atoms with van der Waals surface area (Å²) in [5.41, 5.74) is 4.33. The van der Waals surface area contributed by atoms with E-state index < -0.39 is 28.5 Å². The van der Waals surface area contributed by atoms with E-state index in [1.54, 1.807) is 12.1 Å². The highest BCUT2D eigenvalue weighted by molar-refractivity contribution is 7.92. The van der Waals surface area contributed by atoms with Crippen molar-refractivity contribution < 1.29 is 18.0 Å². The molecule has 0 heterocycles. The van der Waals surface area contributed by atoms with Crippen molar-refractivity contribution in [1.82, 2.24) is 10.2 Å². The second-order valence-electron chi connectivity index (χ2n) is 10.9. The first-order valence-corrected chi connectivity index (χ1v) is 16.1. The van der Waals surface area contributed by atoms with Gasteiger partial charge in [0.15, 0.2) is 0 Å². The molecule has 7 nitrogen and oxygen atoms in total. The number of aryl methyl sites for hydroxylation is 1. The molecule has 0 aliphatic carbocycles. The molecule has 3 aromatic carbocycles. The molecule has 0 saturated heterocycles. The number of carbonyl (C=O) groups is 2. The fourth-order valence-electron chi connectivity index (χ4n) is 4.59. The van der Waals surface area contributed by atoms with Gasteiger partial charge in [-0.25, -0.2) is 8.42 Å². The third-order valence-electron chi connectivity index (χ3n) is 7.10. The number of nitrogens with zero attached hydrogens (tertiary/aromatic N) is 2. The van der Waals surface area contributed by atoms with Crippen molar-refractivity contribution in [3.05, 3.63) is 101 Å². The maximum Gasteiger partial charge on any atom is 0.244 e. The van der Waals surface area contributed by atoms with E-state index in [0.29, 0.717) is 18.7 Å². The Kier molecular flexibility index (Phi) is 11.5. The molecule has 0 fully saturated rings. The quantitative estimate of drug-likeness (QED) is 0.259. The van der Waals surface area contributed by atoms with E-state index in [9.17, 15) is 18.0 Å². The lowest BCUT2D eigenvalue weighted by Crippen LogP contribution is -2.53. The Morgan fingerprint density at radius 3 is 2.07 bits per heavy atom. The number of anilines is 1. The summed E-state index contributed by atoms with van der Waals surface area (Å²) >= 11 is 0. The molecule has 0 aromatic heterocycles. The molecule has 0 radical (unpaired) electrons. The van der Waals surface area contributed by atoms with Gasteiger partial charge in [-0.3, -0.25) is 13.9 Å². The Labute approximate surface area is 245 Å². The number of hydrogen-bond donors (Lipinski definition) is 1. The molecule has 0 unspecified atom stereocenters. The molecule has 3 rings (SSSR count). The van der Waals surface area contributed by atoms with Crippen LogP contribution in [0, 0.1) is 6.92 Å². The SMILES string of the molecule is CCCCNC(=O)[C@@H](Cc1ccccc1)N(Cc1ccc(C)cc1)C(=O)CN(c1ccc(C(C)C)cc1)S(C)(=O)=O. The normalized spacial score (nSPS) is 12.1. The van der Waals surface area contributed by atoms with Gasteiger partial charge < -0.3 is 10.2 Å². The Hall–Kier alpha value is -3.65. The van der Waals surface area contributed by atoms with Gasteiger partial charge in [-0.15, -0.1) is 0 Å². The van der Waals surface area contributed by atoms with Crippen molar-refractivity contribution in [2.24, 2.45) is 0 Å². The van der Waals surface area contributed by atoms with Crippen LogP contribution >= 0.6 is 0 Å². The molecule has 0 aliphatic rings. The van der Waals surface area contributed by atoms with Crippen molar-refractivity contribution in [3.8, 4) is 0 Å². The molecule has 0 saturated carbocycles. The van der Waals surface area contributed by atoms with Gasteiger partial charge in [0, 0.05) is 19.5 Å². The highest BCUT2D eigenvalue weighted by atomic mass is 32.2. The van der Waals surface area contributed by atoms with Gasteiger partial charge in [0.05, 0.1) is 11.9 Å². The smallest absolute Gasteiger partial charge is 0.244 e. The summed E-state index contributed by atoms with van der Waals surface area (Å²) in [6.07, 6.45) is 3.15. The average Bonchev–Trinajstić information content (AvgIpc) is 2.94. The Morgan fingerprint density at radius 2 is 1.51 bits per heavy atom. The molecular weight excluding hydrogens is 534 g/mol. The van der Waals surface area contributed by atoms with Crippen LogP contribution in [-0.4, -0.2) is 50.5 Å². The predicted molar refractivity (Wildman–Crippen MR) is 166 cm³/mol. The van der Waals surface area contributed by atoms with Crippen molar-refractivity contribution in [3.63, 3.8) is 0 Å². The summed E-state index contributed by atoms with van der Waals surface area (Å²) in [7, 11) is -3.80. The zero-order valence-electron chi connectivity index (χ0n) is 24.8. The van der Waals surface area contributed by atoms with Crippen LogP contribution in [0.1, 0.15) is 61.8 Å². The number of unbranched alkanes of at least 4 members (excludes halogenated alkanes) is 1. The minimum atomic E-state index is -3.80. The minimum Gasteiger partial charge on any atom is -0.354 e. The maximum absolute atomic E-state index is 14.1. The summed E-state index contributed by atoms with van der Waals surface area (Å²) in [4.78, 5) is 29.3. The molecule has 0 aliphatic heterocycles. The molecule has 41 heavy (non-hydrogen) atoms. The number of amides is 2. The largest absolute Gasteiger partial charge is 0.354 e. The van der Waals surface area contributed by atoms with Gasteiger partial charge >= 0.3 is 0 Å². The number of carbonyl (C=O) groups excluding carboxylic acids is 2. The highest BCUT2D eigenvalue weighted by Gasteiger charge is 2.33. The van der Waals surface area contributed by atoms with Crippen LogP contribution in [0.4, 0.5) is 5.69 Å². The summed E-state index contributed by atoms with van der Waals surface area (Å²) in [6, 6.07) is 23.8. The van der Waals surface area contributed by atoms with Crippen LogP contribution in [0.3, 0.4) is 0 Å². The first kappa shape index (κ1) is 31.9. The van der Waals surface area contributed by atoms with E-state index in [1.165, 1.54) is 4.90 Å². The van der Waals surface area contributed by atoms with Crippen molar-refractivity contribution in [1.29, 1.82) is 0 Å². The summed E-state index contributed by atoms with van der Waals surface area (Å²) in [6.45, 7) is 8.42. The molecule has 0 bridgehead atoms.